The molecule has 1 amide bonds. The molecule has 0 spiro atoms. The molecule has 0 unspecified atom stereocenters. The summed E-state index contributed by atoms with van der Waals surface area (Å²) in [5.74, 6) is -0.666. The zero-order valence-corrected chi connectivity index (χ0v) is 16.9. The van der Waals surface area contributed by atoms with Crippen LogP contribution < -0.4 is 5.43 Å². The number of carbonyl (C=O) groups is 1. The standard InChI is InChI=1S/C21H25N3O3S/c1-16-10-12-20(13-11-16)28(26,27)24-14-6-9-19(15-24)21(25)23-22-17(2)18-7-4-3-5-8-18/h3-5,7-8,10-13,19H,6,9,14-15H2,1-2H3,(H,23,25)/b22-17-/t19-/m0/s1. The summed E-state index contributed by atoms with van der Waals surface area (Å²) in [7, 11) is -3.60. The quantitative estimate of drug-likeness (QED) is 0.620. The molecule has 7 heteroatoms. The molecule has 1 aliphatic rings. The maximum absolute atomic E-state index is 12.9. The van der Waals surface area contributed by atoms with E-state index in [1.165, 1.54) is 4.31 Å². The maximum Gasteiger partial charge on any atom is 0.244 e. The van der Waals surface area contributed by atoms with Crippen molar-refractivity contribution in [3.05, 3.63) is 65.7 Å². The molecule has 0 saturated carbocycles. The topological polar surface area (TPSA) is 78.8 Å². The smallest absolute Gasteiger partial charge is 0.244 e. The van der Waals surface area contributed by atoms with Crippen LogP contribution >= 0.6 is 0 Å². The molecular weight excluding hydrogens is 374 g/mol. The summed E-state index contributed by atoms with van der Waals surface area (Å²) >= 11 is 0. The van der Waals surface area contributed by atoms with Crippen LogP contribution in [0, 0.1) is 12.8 Å². The maximum atomic E-state index is 12.9. The van der Waals surface area contributed by atoms with Gasteiger partial charge in [-0.1, -0.05) is 48.0 Å². The number of nitrogens with one attached hydrogen (secondary N) is 1. The van der Waals surface area contributed by atoms with Crippen molar-refractivity contribution in [3.8, 4) is 0 Å². The highest BCUT2D eigenvalue weighted by Gasteiger charge is 2.33. The summed E-state index contributed by atoms with van der Waals surface area (Å²) in [6.45, 7) is 4.33. The SMILES string of the molecule is C/C(=N/NC(=O)[C@H]1CCCN(S(=O)(=O)c2ccc(C)cc2)C1)c1ccccc1. The Morgan fingerprint density at radius 3 is 2.46 bits per heavy atom. The first-order valence-electron chi connectivity index (χ1n) is 9.34. The number of amides is 1. The van der Waals surface area contributed by atoms with E-state index in [1.807, 2.05) is 44.2 Å². The van der Waals surface area contributed by atoms with Crippen LogP contribution in [-0.4, -0.2) is 37.4 Å². The molecule has 148 valence electrons. The minimum Gasteiger partial charge on any atom is -0.273 e. The molecule has 0 radical (unpaired) electrons. The molecule has 1 saturated heterocycles. The first-order chi connectivity index (χ1) is 13.4. The van der Waals surface area contributed by atoms with Crippen molar-refractivity contribution < 1.29 is 13.2 Å². The van der Waals surface area contributed by atoms with Gasteiger partial charge < -0.3 is 0 Å². The average molecular weight is 400 g/mol. The van der Waals surface area contributed by atoms with E-state index in [0.717, 1.165) is 11.1 Å². The number of piperidine rings is 1. The van der Waals surface area contributed by atoms with Crippen molar-refractivity contribution in [1.82, 2.24) is 9.73 Å². The van der Waals surface area contributed by atoms with E-state index in [1.54, 1.807) is 24.3 Å². The fourth-order valence-electron chi connectivity index (χ4n) is 3.21. The Bertz CT molecular complexity index is 954. The zero-order chi connectivity index (χ0) is 20.1. The number of hydrogen-bond donors (Lipinski definition) is 1. The van der Waals surface area contributed by atoms with Gasteiger partial charge in [0.25, 0.3) is 0 Å². The molecule has 1 heterocycles. The van der Waals surface area contributed by atoms with Crippen LogP contribution in [0.4, 0.5) is 0 Å². The summed E-state index contributed by atoms with van der Waals surface area (Å²) in [6.07, 6.45) is 1.29. The van der Waals surface area contributed by atoms with E-state index in [2.05, 4.69) is 10.5 Å². The number of aryl methyl sites for hydroxylation is 1. The van der Waals surface area contributed by atoms with Gasteiger partial charge in [-0.15, -0.1) is 0 Å². The van der Waals surface area contributed by atoms with Crippen LogP contribution in [0.5, 0.6) is 0 Å². The van der Waals surface area contributed by atoms with Gasteiger partial charge in [0, 0.05) is 13.1 Å². The molecule has 0 aliphatic carbocycles. The number of hydrazone groups is 1. The van der Waals surface area contributed by atoms with E-state index in [4.69, 9.17) is 0 Å². The van der Waals surface area contributed by atoms with E-state index in [9.17, 15) is 13.2 Å². The number of sulfonamides is 1. The van der Waals surface area contributed by atoms with Crippen molar-refractivity contribution in [2.45, 2.75) is 31.6 Å². The highest BCUT2D eigenvalue weighted by Crippen LogP contribution is 2.24. The second-order valence-corrected chi connectivity index (χ2v) is 8.99. The number of rotatable bonds is 5. The Labute approximate surface area is 166 Å². The van der Waals surface area contributed by atoms with Crippen LogP contribution in [-0.2, 0) is 14.8 Å². The van der Waals surface area contributed by atoms with E-state index >= 15 is 0 Å². The van der Waals surface area contributed by atoms with Crippen molar-refractivity contribution >= 4 is 21.6 Å². The fraction of sp³-hybridized carbons (Fsp3) is 0.333. The minimum atomic E-state index is -3.60. The van der Waals surface area contributed by atoms with E-state index in [0.29, 0.717) is 25.1 Å². The Kier molecular flexibility index (Phi) is 6.26. The molecule has 28 heavy (non-hydrogen) atoms. The fourth-order valence-corrected chi connectivity index (χ4v) is 4.73. The molecule has 1 atom stereocenters. The van der Waals surface area contributed by atoms with Crippen molar-refractivity contribution in [1.29, 1.82) is 0 Å². The second kappa shape index (κ2) is 8.67. The first kappa shape index (κ1) is 20.2. The molecule has 2 aromatic carbocycles. The van der Waals surface area contributed by atoms with Gasteiger partial charge in [0.1, 0.15) is 0 Å². The van der Waals surface area contributed by atoms with Gasteiger partial charge in [0.15, 0.2) is 0 Å². The largest absolute Gasteiger partial charge is 0.273 e. The monoisotopic (exact) mass is 399 g/mol. The molecule has 1 fully saturated rings. The van der Waals surface area contributed by atoms with Crippen LogP contribution in [0.2, 0.25) is 0 Å². The van der Waals surface area contributed by atoms with Crippen LogP contribution in [0.1, 0.15) is 30.9 Å². The number of carbonyl (C=O) groups excluding carboxylic acids is 1. The third-order valence-electron chi connectivity index (χ3n) is 4.94. The van der Waals surface area contributed by atoms with Crippen molar-refractivity contribution in [3.63, 3.8) is 0 Å². The summed E-state index contributed by atoms with van der Waals surface area (Å²) < 4.78 is 27.2. The highest BCUT2D eigenvalue weighted by atomic mass is 32.2. The molecule has 0 bridgehead atoms. The molecule has 2 aromatic rings. The third kappa shape index (κ3) is 4.66. The van der Waals surface area contributed by atoms with Gasteiger partial charge in [0.2, 0.25) is 15.9 Å². The number of hydrogen-bond acceptors (Lipinski definition) is 4. The molecule has 1 aliphatic heterocycles. The molecule has 3 rings (SSSR count). The lowest BCUT2D eigenvalue weighted by atomic mass is 9.99. The summed E-state index contributed by atoms with van der Waals surface area (Å²) in [5, 5.41) is 4.17. The van der Waals surface area contributed by atoms with Crippen LogP contribution in [0.25, 0.3) is 0 Å². The van der Waals surface area contributed by atoms with E-state index < -0.39 is 15.9 Å². The lowest BCUT2D eigenvalue weighted by molar-refractivity contribution is -0.126. The van der Waals surface area contributed by atoms with Gasteiger partial charge in [0.05, 0.1) is 16.5 Å². The summed E-state index contributed by atoms with van der Waals surface area (Å²) in [5.41, 5.74) is 5.23. The number of benzene rings is 2. The molecule has 6 nitrogen and oxygen atoms in total. The Hall–Kier alpha value is -2.51. The lowest BCUT2D eigenvalue weighted by Crippen LogP contribution is -2.44. The molecular formula is C21H25N3O3S. The summed E-state index contributed by atoms with van der Waals surface area (Å²) in [6, 6.07) is 16.4. The second-order valence-electron chi connectivity index (χ2n) is 7.05. The van der Waals surface area contributed by atoms with Gasteiger partial charge in [-0.2, -0.15) is 9.41 Å². The summed E-state index contributed by atoms with van der Waals surface area (Å²) in [4.78, 5) is 12.8. The Morgan fingerprint density at radius 1 is 1.11 bits per heavy atom. The van der Waals surface area contributed by atoms with Crippen LogP contribution in [0.3, 0.4) is 0 Å². The minimum absolute atomic E-state index is 0.169. The number of nitrogens with zero attached hydrogens (tertiary/aromatic N) is 2. The van der Waals surface area contributed by atoms with Crippen molar-refractivity contribution in [2.24, 2.45) is 11.0 Å². The highest BCUT2D eigenvalue weighted by molar-refractivity contribution is 7.89. The van der Waals surface area contributed by atoms with E-state index in [-0.39, 0.29) is 17.3 Å². The zero-order valence-electron chi connectivity index (χ0n) is 16.1. The van der Waals surface area contributed by atoms with Crippen molar-refractivity contribution in [2.75, 3.05) is 13.1 Å². The van der Waals surface area contributed by atoms with Gasteiger partial charge in [-0.3, -0.25) is 4.79 Å². The molecule has 0 aromatic heterocycles. The average Bonchev–Trinajstić information content (AvgIpc) is 2.72. The Balaban J connectivity index is 1.67. The predicted octanol–water partition coefficient (Wildman–Crippen LogP) is 2.94. The predicted molar refractivity (Wildman–Crippen MR) is 109 cm³/mol. The van der Waals surface area contributed by atoms with Gasteiger partial charge in [-0.25, -0.2) is 13.8 Å². The third-order valence-corrected chi connectivity index (χ3v) is 6.82. The van der Waals surface area contributed by atoms with Gasteiger partial charge in [-0.05, 0) is 44.4 Å². The Morgan fingerprint density at radius 2 is 1.79 bits per heavy atom. The normalized spacial score (nSPS) is 18.6. The lowest BCUT2D eigenvalue weighted by Gasteiger charge is -2.30. The first-order valence-corrected chi connectivity index (χ1v) is 10.8. The molecule has 1 N–H and O–H groups in total. The van der Waals surface area contributed by atoms with Gasteiger partial charge >= 0.3 is 0 Å². The van der Waals surface area contributed by atoms with Crippen LogP contribution in [0.15, 0.2) is 64.6 Å².